The number of carbonyl (C=O) groups excluding carboxylic acids is 2. The summed E-state index contributed by atoms with van der Waals surface area (Å²) < 4.78 is 12.1. The molecule has 32 heavy (non-hydrogen) atoms. The molecule has 2 aromatic carbocycles. The minimum atomic E-state index is -0.452. The molecule has 1 fully saturated rings. The molecule has 0 N–H and O–H groups in total. The summed E-state index contributed by atoms with van der Waals surface area (Å²) in [6.07, 6.45) is 1.68. The van der Waals surface area contributed by atoms with E-state index in [2.05, 4.69) is 22.6 Å². The average molecular weight is 568 g/mol. The molecule has 0 saturated carbocycles. The number of nitro benzene ring substituents is 1. The summed E-state index contributed by atoms with van der Waals surface area (Å²) in [7, 11) is 1.52. The normalized spacial score (nSPS) is 15.0. The molecular weight excluding hydrogens is 547 g/mol. The molecule has 2 aromatic rings. The number of benzene rings is 2. The van der Waals surface area contributed by atoms with Gasteiger partial charge in [-0.25, -0.2) is 0 Å². The molecule has 1 aliphatic heterocycles. The molecule has 0 unspecified atom stereocenters. The molecule has 2 amide bonds. The highest BCUT2D eigenvalue weighted by atomic mass is 127. The number of hydrogen-bond donors (Lipinski definition) is 0. The molecule has 168 valence electrons. The zero-order valence-corrected chi connectivity index (χ0v) is 20.6. The van der Waals surface area contributed by atoms with Crippen molar-refractivity contribution in [2.75, 3.05) is 13.7 Å². The summed E-state index contributed by atoms with van der Waals surface area (Å²) in [4.78, 5) is 36.8. The third kappa shape index (κ3) is 5.60. The van der Waals surface area contributed by atoms with Gasteiger partial charge in [-0.05, 0) is 81.7 Å². The van der Waals surface area contributed by atoms with Crippen LogP contribution >= 0.6 is 34.4 Å². The average Bonchev–Trinajstić information content (AvgIpc) is 2.99. The number of non-ortho nitro benzene ring substituents is 1. The Labute approximate surface area is 203 Å². The van der Waals surface area contributed by atoms with Crippen LogP contribution in [0.4, 0.5) is 10.5 Å². The highest BCUT2D eigenvalue weighted by Gasteiger charge is 2.35. The molecule has 1 heterocycles. The van der Waals surface area contributed by atoms with E-state index in [-0.39, 0.29) is 29.4 Å². The van der Waals surface area contributed by atoms with E-state index in [4.69, 9.17) is 9.47 Å². The van der Waals surface area contributed by atoms with Gasteiger partial charge in [-0.15, -0.1) is 0 Å². The van der Waals surface area contributed by atoms with E-state index >= 15 is 0 Å². The zero-order chi connectivity index (χ0) is 23.4. The first-order chi connectivity index (χ1) is 15.2. The topological polar surface area (TPSA) is 99.0 Å². The maximum absolute atomic E-state index is 12.6. The number of halogens is 1. The van der Waals surface area contributed by atoms with Crippen LogP contribution < -0.4 is 9.47 Å². The summed E-state index contributed by atoms with van der Waals surface area (Å²) in [5.74, 6) is 0.903. The number of ether oxygens (including phenoxy) is 2. The van der Waals surface area contributed by atoms with Crippen LogP contribution in [0.1, 0.15) is 25.0 Å². The number of hydrogen-bond acceptors (Lipinski definition) is 7. The Hall–Kier alpha value is -2.60. The van der Waals surface area contributed by atoms with Crippen molar-refractivity contribution in [2.24, 2.45) is 5.92 Å². The van der Waals surface area contributed by atoms with Crippen LogP contribution in [0.2, 0.25) is 0 Å². The number of rotatable bonds is 8. The van der Waals surface area contributed by atoms with Crippen molar-refractivity contribution in [3.8, 4) is 11.5 Å². The van der Waals surface area contributed by atoms with E-state index in [1.165, 1.54) is 24.1 Å². The van der Waals surface area contributed by atoms with E-state index in [9.17, 15) is 19.7 Å². The fraction of sp³-hybridized carbons (Fsp3) is 0.273. The quantitative estimate of drug-likeness (QED) is 0.180. The lowest BCUT2D eigenvalue weighted by Crippen LogP contribution is -2.31. The highest BCUT2D eigenvalue weighted by molar-refractivity contribution is 14.1. The van der Waals surface area contributed by atoms with Gasteiger partial charge in [0.2, 0.25) is 0 Å². The summed E-state index contributed by atoms with van der Waals surface area (Å²) in [6.45, 7) is 4.50. The molecule has 1 saturated heterocycles. The number of nitrogens with zero attached hydrogens (tertiary/aromatic N) is 2. The Morgan fingerprint density at radius 3 is 2.50 bits per heavy atom. The number of thioether (sulfide) groups is 1. The van der Waals surface area contributed by atoms with Crippen LogP contribution in [0.3, 0.4) is 0 Å². The van der Waals surface area contributed by atoms with Gasteiger partial charge in [0.15, 0.2) is 11.5 Å². The smallest absolute Gasteiger partial charge is 0.293 e. The number of nitro groups is 1. The Morgan fingerprint density at radius 1 is 1.22 bits per heavy atom. The van der Waals surface area contributed by atoms with Gasteiger partial charge in [-0.3, -0.25) is 24.6 Å². The van der Waals surface area contributed by atoms with Gasteiger partial charge in [0.05, 0.1) is 20.5 Å². The second-order valence-electron chi connectivity index (χ2n) is 7.43. The first kappa shape index (κ1) is 24.1. The minimum absolute atomic E-state index is 0.0167. The molecule has 0 radical (unpaired) electrons. The lowest BCUT2D eigenvalue weighted by molar-refractivity contribution is -0.384. The maximum atomic E-state index is 12.6. The number of amides is 2. The number of methoxy groups -OCH3 is 1. The Morgan fingerprint density at radius 2 is 1.91 bits per heavy atom. The summed E-state index contributed by atoms with van der Waals surface area (Å²) >= 11 is 3.04. The van der Waals surface area contributed by atoms with Gasteiger partial charge in [-0.1, -0.05) is 13.8 Å². The first-order valence-corrected chi connectivity index (χ1v) is 11.6. The van der Waals surface area contributed by atoms with Crippen molar-refractivity contribution in [1.82, 2.24) is 4.90 Å². The molecule has 1 aliphatic rings. The second-order valence-corrected chi connectivity index (χ2v) is 9.59. The fourth-order valence-electron chi connectivity index (χ4n) is 3.01. The van der Waals surface area contributed by atoms with E-state index < -0.39 is 4.92 Å². The molecule has 0 bridgehead atoms. The van der Waals surface area contributed by atoms with Crippen LogP contribution in [0.15, 0.2) is 41.3 Å². The second kappa shape index (κ2) is 10.3. The fourth-order valence-corrected chi connectivity index (χ4v) is 4.64. The first-order valence-electron chi connectivity index (χ1n) is 9.68. The van der Waals surface area contributed by atoms with Crippen molar-refractivity contribution in [3.05, 3.63) is 66.1 Å². The van der Waals surface area contributed by atoms with E-state index in [0.29, 0.717) is 28.5 Å². The maximum Gasteiger partial charge on any atom is 0.293 e. The molecule has 0 atom stereocenters. The predicted octanol–water partition coefficient (Wildman–Crippen LogP) is 5.48. The Bertz CT molecular complexity index is 1080. The molecule has 0 aliphatic carbocycles. The van der Waals surface area contributed by atoms with Crippen molar-refractivity contribution < 1.29 is 24.0 Å². The highest BCUT2D eigenvalue weighted by Crippen LogP contribution is 2.37. The van der Waals surface area contributed by atoms with E-state index in [1.54, 1.807) is 24.3 Å². The van der Waals surface area contributed by atoms with Crippen LogP contribution in [0.5, 0.6) is 11.5 Å². The SMILES string of the molecule is COc1cc(/C=C2/SC(=O)N(CC(C)C)C2=O)cc(I)c1OCc1ccc([N+](=O)[O-])cc1. The molecule has 0 aromatic heterocycles. The molecule has 10 heteroatoms. The van der Waals surface area contributed by atoms with Crippen LogP contribution in [0, 0.1) is 19.6 Å². The molecular formula is C22H21IN2O6S. The lowest BCUT2D eigenvalue weighted by Gasteiger charge is -2.15. The Balaban J connectivity index is 1.79. The summed E-state index contributed by atoms with van der Waals surface area (Å²) in [5, 5.41) is 10.5. The van der Waals surface area contributed by atoms with Gasteiger partial charge in [0, 0.05) is 18.7 Å². The third-order valence-corrected chi connectivity index (χ3v) is 6.21. The Kier molecular flexibility index (Phi) is 7.77. The van der Waals surface area contributed by atoms with E-state index in [1.807, 2.05) is 19.9 Å². The van der Waals surface area contributed by atoms with Gasteiger partial charge in [0.1, 0.15) is 6.61 Å². The van der Waals surface area contributed by atoms with Gasteiger partial charge in [-0.2, -0.15) is 0 Å². The number of imide groups is 1. The van der Waals surface area contributed by atoms with Crippen LogP contribution in [-0.4, -0.2) is 34.6 Å². The van der Waals surface area contributed by atoms with Crippen molar-refractivity contribution in [1.29, 1.82) is 0 Å². The number of carbonyl (C=O) groups is 2. The van der Waals surface area contributed by atoms with Crippen molar-refractivity contribution in [3.63, 3.8) is 0 Å². The largest absolute Gasteiger partial charge is 0.493 e. The lowest BCUT2D eigenvalue weighted by atomic mass is 10.1. The summed E-state index contributed by atoms with van der Waals surface area (Å²) in [6, 6.07) is 9.71. The van der Waals surface area contributed by atoms with Crippen molar-refractivity contribution in [2.45, 2.75) is 20.5 Å². The third-order valence-electron chi connectivity index (χ3n) is 4.50. The zero-order valence-electron chi connectivity index (χ0n) is 17.7. The van der Waals surface area contributed by atoms with Gasteiger partial charge >= 0.3 is 0 Å². The standard InChI is InChI=1S/C22H21IN2O6S/c1-13(2)11-24-21(26)19(32-22(24)27)10-15-8-17(23)20(18(9-15)30-3)31-12-14-4-6-16(7-5-14)25(28)29/h4-10,13H,11-12H2,1-3H3/b19-10+. The molecule has 0 spiro atoms. The minimum Gasteiger partial charge on any atom is -0.493 e. The van der Waals surface area contributed by atoms with Crippen LogP contribution in [-0.2, 0) is 11.4 Å². The molecule has 3 rings (SSSR count). The molecule has 8 nitrogen and oxygen atoms in total. The van der Waals surface area contributed by atoms with E-state index in [0.717, 1.165) is 20.9 Å². The van der Waals surface area contributed by atoms with Crippen LogP contribution in [0.25, 0.3) is 6.08 Å². The van der Waals surface area contributed by atoms with Gasteiger partial charge < -0.3 is 9.47 Å². The predicted molar refractivity (Wildman–Crippen MR) is 131 cm³/mol. The van der Waals surface area contributed by atoms with Gasteiger partial charge in [0.25, 0.3) is 16.8 Å². The summed E-state index contributed by atoms with van der Waals surface area (Å²) in [5.41, 5.74) is 1.50. The van der Waals surface area contributed by atoms with Crippen molar-refractivity contribution >= 4 is 57.3 Å². The monoisotopic (exact) mass is 568 g/mol.